The lowest BCUT2D eigenvalue weighted by Crippen LogP contribution is -2.45. The van der Waals surface area contributed by atoms with Gasteiger partial charge in [0.2, 0.25) is 5.91 Å². The van der Waals surface area contributed by atoms with Crippen LogP contribution in [0.1, 0.15) is 328 Å². The number of carbonyl (C=O) groups excluding carboxylic acids is 1. The van der Waals surface area contributed by atoms with Crippen LogP contribution in [0.15, 0.2) is 36.5 Å². The summed E-state index contributed by atoms with van der Waals surface area (Å²) in [6, 6.07) is -0.850. The van der Waals surface area contributed by atoms with Gasteiger partial charge < -0.3 is 19.8 Å². The Morgan fingerprint density at radius 2 is 0.760 bits per heavy atom. The molecule has 0 rings (SSSR count). The third kappa shape index (κ3) is 60.2. The van der Waals surface area contributed by atoms with Crippen LogP contribution in [0.3, 0.4) is 0 Å². The summed E-state index contributed by atoms with van der Waals surface area (Å²) in [5.41, 5.74) is 0. The van der Waals surface area contributed by atoms with Crippen molar-refractivity contribution in [2.45, 2.75) is 341 Å². The van der Waals surface area contributed by atoms with E-state index in [1.54, 1.807) is 6.08 Å². The minimum Gasteiger partial charge on any atom is -0.387 e. The topological polar surface area (TPSA) is 105 Å². The first-order valence-corrected chi connectivity index (χ1v) is 34.4. The van der Waals surface area contributed by atoms with Crippen molar-refractivity contribution in [2.75, 3.05) is 40.9 Å². The summed E-state index contributed by atoms with van der Waals surface area (Å²) >= 11 is 0. The van der Waals surface area contributed by atoms with Crippen LogP contribution >= 0.6 is 7.82 Å². The molecule has 75 heavy (non-hydrogen) atoms. The number of hydrogen-bond acceptors (Lipinski definition) is 5. The molecular formula is C66H130N2O6P+. The lowest BCUT2D eigenvalue weighted by atomic mass is 10.0. The van der Waals surface area contributed by atoms with Gasteiger partial charge in [-0.05, 0) is 51.4 Å². The van der Waals surface area contributed by atoms with Crippen molar-refractivity contribution in [3.8, 4) is 0 Å². The van der Waals surface area contributed by atoms with Crippen LogP contribution in [0.5, 0.6) is 0 Å². The number of nitrogens with one attached hydrogen (secondary N) is 1. The highest BCUT2D eigenvalue weighted by Crippen LogP contribution is 2.43. The average Bonchev–Trinajstić information content (AvgIpc) is 3.37. The first-order chi connectivity index (χ1) is 36.5. The van der Waals surface area contributed by atoms with Gasteiger partial charge in [-0.15, -0.1) is 0 Å². The van der Waals surface area contributed by atoms with Gasteiger partial charge in [-0.1, -0.05) is 307 Å². The zero-order chi connectivity index (χ0) is 54.9. The van der Waals surface area contributed by atoms with Gasteiger partial charge in [-0.3, -0.25) is 13.8 Å². The number of hydrogen-bond donors (Lipinski definition) is 3. The Kier molecular flexibility index (Phi) is 56.4. The minimum absolute atomic E-state index is 0.0612. The fourth-order valence-corrected chi connectivity index (χ4v) is 10.7. The zero-order valence-corrected chi connectivity index (χ0v) is 51.7. The Labute approximate surface area is 467 Å². The lowest BCUT2D eigenvalue weighted by molar-refractivity contribution is -0.870. The van der Waals surface area contributed by atoms with Crippen molar-refractivity contribution >= 4 is 13.7 Å². The summed E-state index contributed by atoms with van der Waals surface area (Å²) in [6.07, 6.45) is 75.6. The highest BCUT2D eigenvalue weighted by Gasteiger charge is 2.28. The fourth-order valence-electron chi connectivity index (χ4n) is 9.96. The van der Waals surface area contributed by atoms with E-state index in [-0.39, 0.29) is 19.1 Å². The molecule has 0 aliphatic rings. The molecule has 8 nitrogen and oxygen atoms in total. The molecule has 3 N–H and O–H groups in total. The number of carbonyl (C=O) groups is 1. The number of likely N-dealkylation sites (N-methyl/N-ethyl adjacent to an activating group) is 1. The van der Waals surface area contributed by atoms with Crippen LogP contribution < -0.4 is 5.32 Å². The number of phosphoric acid groups is 1. The van der Waals surface area contributed by atoms with Crippen LogP contribution in [0.2, 0.25) is 0 Å². The average molecular weight is 1080 g/mol. The molecule has 3 atom stereocenters. The predicted octanol–water partition coefficient (Wildman–Crippen LogP) is 20.5. The molecule has 0 fully saturated rings. The van der Waals surface area contributed by atoms with E-state index < -0.39 is 20.0 Å². The third-order valence-electron chi connectivity index (χ3n) is 15.1. The Bertz CT molecular complexity index is 1320. The molecule has 0 radical (unpaired) electrons. The van der Waals surface area contributed by atoms with Gasteiger partial charge in [-0.2, -0.15) is 0 Å². The van der Waals surface area contributed by atoms with Gasteiger partial charge in [0.25, 0.3) is 0 Å². The molecule has 0 aromatic rings. The molecular weight excluding hydrogens is 948 g/mol. The molecule has 0 saturated heterocycles. The number of rotatable bonds is 61. The molecule has 3 unspecified atom stereocenters. The molecule has 1 amide bonds. The number of phosphoric ester groups is 1. The minimum atomic E-state index is -4.35. The van der Waals surface area contributed by atoms with E-state index in [2.05, 4.69) is 43.5 Å². The Balaban J connectivity index is 4.08. The Morgan fingerprint density at radius 3 is 1.09 bits per heavy atom. The molecule has 0 heterocycles. The highest BCUT2D eigenvalue weighted by atomic mass is 31.2. The molecule has 444 valence electrons. The van der Waals surface area contributed by atoms with E-state index >= 15 is 0 Å². The smallest absolute Gasteiger partial charge is 0.387 e. The zero-order valence-electron chi connectivity index (χ0n) is 50.8. The van der Waals surface area contributed by atoms with Crippen LogP contribution in [0, 0.1) is 0 Å². The molecule has 0 aromatic heterocycles. The molecule has 0 saturated carbocycles. The normalized spacial score (nSPS) is 14.0. The Morgan fingerprint density at radius 1 is 0.453 bits per heavy atom. The van der Waals surface area contributed by atoms with Crippen LogP contribution in [0.4, 0.5) is 0 Å². The molecule has 0 aliphatic carbocycles. The van der Waals surface area contributed by atoms with Gasteiger partial charge in [-0.25, -0.2) is 4.57 Å². The van der Waals surface area contributed by atoms with Gasteiger partial charge in [0.15, 0.2) is 0 Å². The summed E-state index contributed by atoms with van der Waals surface area (Å²) < 4.78 is 23.8. The van der Waals surface area contributed by atoms with E-state index in [0.29, 0.717) is 17.4 Å². The van der Waals surface area contributed by atoms with Gasteiger partial charge in [0.05, 0.1) is 39.9 Å². The Hall–Kier alpha value is -1.28. The van der Waals surface area contributed by atoms with Gasteiger partial charge in [0, 0.05) is 6.42 Å². The maximum Gasteiger partial charge on any atom is 0.472 e. The van der Waals surface area contributed by atoms with Crippen LogP contribution in [-0.4, -0.2) is 73.4 Å². The van der Waals surface area contributed by atoms with Crippen molar-refractivity contribution in [1.82, 2.24) is 5.32 Å². The number of amides is 1. The fraction of sp³-hybridized carbons (Fsp3) is 0.894. The third-order valence-corrected chi connectivity index (χ3v) is 16.1. The number of aliphatic hydroxyl groups is 1. The molecule has 0 aliphatic heterocycles. The predicted molar refractivity (Wildman–Crippen MR) is 328 cm³/mol. The lowest BCUT2D eigenvalue weighted by Gasteiger charge is -2.25. The van der Waals surface area contributed by atoms with E-state index in [1.165, 1.54) is 263 Å². The van der Waals surface area contributed by atoms with Crippen molar-refractivity contribution in [3.05, 3.63) is 36.5 Å². The number of allylic oxidation sites excluding steroid dienone is 5. The maximum absolute atomic E-state index is 13.0. The van der Waals surface area contributed by atoms with Crippen LogP contribution in [0.25, 0.3) is 0 Å². The first kappa shape index (κ1) is 73.7. The van der Waals surface area contributed by atoms with E-state index in [9.17, 15) is 19.4 Å². The summed E-state index contributed by atoms with van der Waals surface area (Å²) in [6.45, 7) is 4.85. The summed E-state index contributed by atoms with van der Waals surface area (Å²) in [7, 11) is 1.58. The number of quaternary nitrogens is 1. The highest BCUT2D eigenvalue weighted by molar-refractivity contribution is 7.47. The molecule has 0 bridgehead atoms. The second kappa shape index (κ2) is 57.4. The molecule has 0 spiro atoms. The summed E-state index contributed by atoms with van der Waals surface area (Å²) in [5, 5.41) is 14.0. The summed E-state index contributed by atoms with van der Waals surface area (Å²) in [4.78, 5) is 23.4. The summed E-state index contributed by atoms with van der Waals surface area (Å²) in [5.74, 6) is -0.177. The van der Waals surface area contributed by atoms with Gasteiger partial charge >= 0.3 is 7.82 Å². The van der Waals surface area contributed by atoms with Crippen LogP contribution in [-0.2, 0) is 18.4 Å². The van der Waals surface area contributed by atoms with Crippen molar-refractivity contribution < 1.29 is 32.9 Å². The quantitative estimate of drug-likeness (QED) is 0.0243. The van der Waals surface area contributed by atoms with E-state index in [1.807, 2.05) is 27.2 Å². The van der Waals surface area contributed by atoms with E-state index in [4.69, 9.17) is 9.05 Å². The number of unbranched alkanes of at least 4 members (excludes halogenated alkanes) is 44. The molecule has 9 heteroatoms. The second-order valence-corrected chi connectivity index (χ2v) is 25.3. The van der Waals surface area contributed by atoms with Crippen molar-refractivity contribution in [1.29, 1.82) is 0 Å². The first-order valence-electron chi connectivity index (χ1n) is 32.9. The SMILES string of the molecule is CCCCCCC/C=C\C/C=C\CCCCCCCCCCCC(=O)NC(COP(=O)(O)OCC[N+](C)(C)C)C(O)/C=C/CCCCCCCCCCCCCCCCCCCCCCCCCCCCCCCC. The molecule has 0 aromatic carbocycles. The largest absolute Gasteiger partial charge is 0.472 e. The maximum atomic E-state index is 13.0. The number of aliphatic hydroxyl groups excluding tert-OH is 1. The number of nitrogens with zero attached hydrogens (tertiary/aromatic N) is 1. The van der Waals surface area contributed by atoms with Crippen molar-refractivity contribution in [3.63, 3.8) is 0 Å². The van der Waals surface area contributed by atoms with E-state index in [0.717, 1.165) is 44.9 Å². The second-order valence-electron chi connectivity index (χ2n) is 23.8. The van der Waals surface area contributed by atoms with Crippen molar-refractivity contribution in [2.24, 2.45) is 0 Å². The standard InChI is InChI=1S/C66H129N2O6P/c1-6-8-10-12-14-16-18-20-22-24-26-28-29-30-31-32-33-34-35-36-37-38-40-41-43-45-47-49-51-53-55-57-59-65(69)64(63-74-75(71,72)73-62-61-68(3,4)5)67-66(70)60-58-56-54-52-50-48-46-44-42-39-27-25-23-21-19-17-15-13-11-9-7-2/h19,21,25,27,57,59,64-65,69H,6-18,20,22-24,26,28-56,58,60-63H2,1-5H3,(H-,67,70,71,72)/p+1/b21-19-,27-25-,59-57+. The monoisotopic (exact) mass is 1080 g/mol. The van der Waals surface area contributed by atoms with Gasteiger partial charge in [0.1, 0.15) is 13.2 Å².